The Hall–Kier alpha value is -4.47. The van der Waals surface area contributed by atoms with Crippen LogP contribution < -0.4 is 10.3 Å². The Morgan fingerprint density at radius 2 is 1.72 bits per heavy atom. The molecule has 43 heavy (non-hydrogen) atoms. The fourth-order valence-electron chi connectivity index (χ4n) is 5.09. The highest BCUT2D eigenvalue weighted by Crippen LogP contribution is 2.38. The number of thioether (sulfide) groups is 1. The van der Waals surface area contributed by atoms with Crippen molar-refractivity contribution in [3.63, 3.8) is 0 Å². The molecule has 2 aliphatic rings. The molecule has 0 bridgehead atoms. The Balaban J connectivity index is 1.10. The van der Waals surface area contributed by atoms with Gasteiger partial charge in [-0.15, -0.1) is 5.10 Å². The van der Waals surface area contributed by atoms with Gasteiger partial charge in [0, 0.05) is 56.0 Å². The number of piperazine rings is 1. The van der Waals surface area contributed by atoms with Gasteiger partial charge in [0.05, 0.1) is 11.2 Å². The number of amides is 1. The number of carbonyl (C=O) groups is 2. The van der Waals surface area contributed by atoms with Gasteiger partial charge in [-0.1, -0.05) is 11.8 Å². The summed E-state index contributed by atoms with van der Waals surface area (Å²) in [6, 6.07) is 4.48. The maximum atomic E-state index is 15.2. The van der Waals surface area contributed by atoms with Crippen LogP contribution in [0.15, 0.2) is 40.4 Å². The SMILES string of the molecule is O=C(O)c1cn(C2CC2)c2cc(N3CCN(C(=O)CCSc4nnnn4-c4ccc(F)c(F)c4F)CC3)c(F)cc2c1=O. The van der Waals surface area contributed by atoms with E-state index in [1.807, 2.05) is 0 Å². The molecule has 6 rings (SSSR count). The number of hydrogen-bond donors (Lipinski definition) is 1. The number of pyridine rings is 1. The number of aromatic carboxylic acids is 1. The first-order valence-electron chi connectivity index (χ1n) is 13.3. The third-order valence-electron chi connectivity index (χ3n) is 7.48. The van der Waals surface area contributed by atoms with Gasteiger partial charge in [0.15, 0.2) is 17.5 Å². The van der Waals surface area contributed by atoms with Crippen LogP contribution in [0.5, 0.6) is 0 Å². The summed E-state index contributed by atoms with van der Waals surface area (Å²) in [7, 11) is 0. The second-order valence-electron chi connectivity index (χ2n) is 10.2. The average molecular weight is 618 g/mol. The first kappa shape index (κ1) is 28.6. The molecule has 1 N–H and O–H groups in total. The Morgan fingerprint density at radius 1 is 0.977 bits per heavy atom. The predicted octanol–water partition coefficient (Wildman–Crippen LogP) is 3.40. The smallest absolute Gasteiger partial charge is 0.341 e. The van der Waals surface area contributed by atoms with Gasteiger partial charge in [-0.25, -0.2) is 22.4 Å². The van der Waals surface area contributed by atoms with Gasteiger partial charge in [-0.3, -0.25) is 9.59 Å². The van der Waals surface area contributed by atoms with Crippen molar-refractivity contribution in [2.24, 2.45) is 0 Å². The molecule has 2 fully saturated rings. The molecule has 2 aromatic heterocycles. The summed E-state index contributed by atoms with van der Waals surface area (Å²) in [4.78, 5) is 40.6. The fraction of sp³-hybridized carbons (Fsp3) is 0.333. The number of fused-ring (bicyclic) bond motifs is 1. The molecule has 1 amide bonds. The molecular weight excluding hydrogens is 594 g/mol. The lowest BCUT2D eigenvalue weighted by atomic mass is 10.1. The number of hydrogen-bond acceptors (Lipinski definition) is 8. The number of benzene rings is 2. The van der Waals surface area contributed by atoms with Crippen LogP contribution in [-0.2, 0) is 4.79 Å². The average Bonchev–Trinajstić information content (AvgIpc) is 3.74. The first-order valence-corrected chi connectivity index (χ1v) is 14.3. The molecule has 0 atom stereocenters. The Kier molecular flexibility index (Phi) is 7.54. The van der Waals surface area contributed by atoms with E-state index in [0.29, 0.717) is 31.7 Å². The van der Waals surface area contributed by atoms with E-state index in [0.717, 1.165) is 47.5 Å². The van der Waals surface area contributed by atoms with Crippen LogP contribution in [0.3, 0.4) is 0 Å². The van der Waals surface area contributed by atoms with Crippen molar-refractivity contribution in [2.45, 2.75) is 30.5 Å². The van der Waals surface area contributed by atoms with Gasteiger partial charge in [0.1, 0.15) is 17.1 Å². The molecule has 0 spiro atoms. The minimum Gasteiger partial charge on any atom is -0.477 e. The van der Waals surface area contributed by atoms with Crippen LogP contribution in [0.25, 0.3) is 16.6 Å². The third-order valence-corrected chi connectivity index (χ3v) is 8.40. The Bertz CT molecular complexity index is 1820. The molecule has 224 valence electrons. The molecule has 0 unspecified atom stereocenters. The number of rotatable bonds is 8. The second kappa shape index (κ2) is 11.3. The molecular formula is C27H23F4N7O4S. The van der Waals surface area contributed by atoms with Gasteiger partial charge < -0.3 is 19.5 Å². The second-order valence-corrected chi connectivity index (χ2v) is 11.2. The molecule has 1 saturated heterocycles. The predicted molar refractivity (Wildman–Crippen MR) is 147 cm³/mol. The normalized spacial score (nSPS) is 15.3. The Labute approximate surface area is 244 Å². The fourth-order valence-corrected chi connectivity index (χ4v) is 5.90. The van der Waals surface area contributed by atoms with Crippen LogP contribution in [0.1, 0.15) is 35.7 Å². The first-order chi connectivity index (χ1) is 20.6. The van der Waals surface area contributed by atoms with Gasteiger partial charge >= 0.3 is 5.97 Å². The quantitative estimate of drug-likeness (QED) is 0.180. The molecule has 11 nitrogen and oxygen atoms in total. The zero-order valence-electron chi connectivity index (χ0n) is 22.3. The van der Waals surface area contributed by atoms with Crippen LogP contribution in [0.4, 0.5) is 23.2 Å². The van der Waals surface area contributed by atoms with Crippen molar-refractivity contribution in [3.05, 3.63) is 69.5 Å². The summed E-state index contributed by atoms with van der Waals surface area (Å²) in [5.74, 6) is -6.39. The number of nitrogens with zero attached hydrogens (tertiary/aromatic N) is 7. The van der Waals surface area contributed by atoms with Crippen LogP contribution in [0.2, 0.25) is 0 Å². The number of carboxylic acid groups (broad SMARTS) is 1. The summed E-state index contributed by atoms with van der Waals surface area (Å²) in [5.41, 5.74) is -0.767. The van der Waals surface area contributed by atoms with Crippen molar-refractivity contribution in [2.75, 3.05) is 36.8 Å². The largest absolute Gasteiger partial charge is 0.477 e. The van der Waals surface area contributed by atoms with Gasteiger partial charge in [0.25, 0.3) is 0 Å². The number of aromatic nitrogens is 5. The van der Waals surface area contributed by atoms with Crippen molar-refractivity contribution >= 4 is 40.2 Å². The Morgan fingerprint density at radius 3 is 2.42 bits per heavy atom. The van der Waals surface area contributed by atoms with Crippen molar-refractivity contribution < 1.29 is 32.3 Å². The van der Waals surface area contributed by atoms with Gasteiger partial charge in [-0.05, 0) is 47.5 Å². The highest BCUT2D eigenvalue weighted by molar-refractivity contribution is 7.99. The summed E-state index contributed by atoms with van der Waals surface area (Å²) < 4.78 is 59.1. The van der Waals surface area contributed by atoms with E-state index >= 15 is 4.39 Å². The van der Waals surface area contributed by atoms with Crippen LogP contribution in [0, 0.1) is 23.3 Å². The van der Waals surface area contributed by atoms with E-state index in [1.165, 1.54) is 6.20 Å². The highest BCUT2D eigenvalue weighted by Gasteiger charge is 2.29. The van der Waals surface area contributed by atoms with E-state index < -0.39 is 40.2 Å². The maximum Gasteiger partial charge on any atom is 0.341 e. The number of tetrazole rings is 1. The van der Waals surface area contributed by atoms with E-state index in [2.05, 4.69) is 15.5 Å². The van der Waals surface area contributed by atoms with Gasteiger partial charge in [0.2, 0.25) is 16.5 Å². The van der Waals surface area contributed by atoms with Crippen LogP contribution >= 0.6 is 11.8 Å². The van der Waals surface area contributed by atoms with E-state index in [4.69, 9.17) is 0 Å². The highest BCUT2D eigenvalue weighted by atomic mass is 32.2. The topological polar surface area (TPSA) is 126 Å². The van der Waals surface area contributed by atoms with E-state index in [9.17, 15) is 32.7 Å². The standard InChI is InChI=1S/C27H23F4N7O4S/c28-17-3-4-19(24(31)23(17)30)38-27(32-33-34-38)43-10-5-22(39)36-8-6-35(7-9-36)21-12-20-15(11-18(21)29)25(40)16(26(41)42)13-37(20)14-1-2-14/h3-4,11-14H,1-2,5-10H2,(H,41,42). The summed E-state index contributed by atoms with van der Waals surface area (Å²) in [6.07, 6.45) is 3.08. The number of halogens is 4. The maximum absolute atomic E-state index is 15.2. The molecule has 1 aliphatic carbocycles. The minimum absolute atomic E-state index is 0.0118. The molecule has 1 saturated carbocycles. The lowest BCUT2D eigenvalue weighted by Crippen LogP contribution is -2.49. The number of anilines is 1. The minimum atomic E-state index is -1.65. The molecule has 0 radical (unpaired) electrons. The number of carbonyl (C=O) groups excluding carboxylic acids is 1. The van der Waals surface area contributed by atoms with Crippen molar-refractivity contribution in [1.82, 2.24) is 29.7 Å². The van der Waals surface area contributed by atoms with Crippen LogP contribution in [-0.4, -0.2) is 78.6 Å². The zero-order valence-corrected chi connectivity index (χ0v) is 23.2. The lowest BCUT2D eigenvalue weighted by Gasteiger charge is -2.36. The summed E-state index contributed by atoms with van der Waals surface area (Å²) in [6.45, 7) is 1.28. The molecule has 16 heteroatoms. The molecule has 2 aromatic carbocycles. The zero-order chi connectivity index (χ0) is 30.4. The molecule has 3 heterocycles. The monoisotopic (exact) mass is 617 g/mol. The molecule has 1 aliphatic heterocycles. The summed E-state index contributed by atoms with van der Waals surface area (Å²) >= 11 is 1.04. The number of carboxylic acids is 1. The third kappa shape index (κ3) is 5.42. The lowest BCUT2D eigenvalue weighted by molar-refractivity contribution is -0.131. The van der Waals surface area contributed by atoms with E-state index in [1.54, 1.807) is 20.4 Å². The van der Waals surface area contributed by atoms with Crippen molar-refractivity contribution in [3.8, 4) is 5.69 Å². The summed E-state index contributed by atoms with van der Waals surface area (Å²) in [5, 5.41) is 20.4. The van der Waals surface area contributed by atoms with E-state index in [-0.39, 0.29) is 46.0 Å². The molecule has 4 aromatic rings. The van der Waals surface area contributed by atoms with Crippen molar-refractivity contribution in [1.29, 1.82) is 0 Å². The van der Waals surface area contributed by atoms with Gasteiger partial charge in [-0.2, -0.15) is 4.68 Å².